The minimum atomic E-state index is -1.01. The van der Waals surface area contributed by atoms with Crippen LogP contribution in [-0.4, -0.2) is 27.2 Å². The molecule has 3 N–H and O–H groups in total. The minimum absolute atomic E-state index is 0.183. The first-order valence-electron chi connectivity index (χ1n) is 4.30. The maximum atomic E-state index is 11.5. The van der Waals surface area contributed by atoms with E-state index in [-0.39, 0.29) is 10.8 Å². The number of nitrogens with zero attached hydrogens (tertiary/aromatic N) is 1. The average Bonchev–Trinajstić information content (AvgIpc) is 2.87. The Morgan fingerprint density at radius 1 is 1.44 bits per heavy atom. The van der Waals surface area contributed by atoms with Crippen molar-refractivity contribution in [3.8, 4) is 0 Å². The normalized spacial score (nSPS) is 10.0. The van der Waals surface area contributed by atoms with E-state index < -0.39 is 5.97 Å². The summed E-state index contributed by atoms with van der Waals surface area (Å²) in [7, 11) is 0. The molecule has 16 heavy (non-hydrogen) atoms. The first-order valence-corrected chi connectivity index (χ1v) is 5.12. The highest BCUT2D eigenvalue weighted by molar-refractivity contribution is 7.18. The smallest absolute Gasteiger partial charge is 0.345 e. The number of hydrogen-bond donors (Lipinski definition) is 3. The number of carboxylic acids is 1. The number of aromatic carboxylic acids is 1. The summed E-state index contributed by atoms with van der Waals surface area (Å²) in [5.41, 5.74) is 0.394. The second kappa shape index (κ2) is 4.15. The molecule has 2 rings (SSSR count). The molecule has 0 unspecified atom stereocenters. The van der Waals surface area contributed by atoms with Gasteiger partial charge in [0.2, 0.25) is 0 Å². The third-order valence-electron chi connectivity index (χ3n) is 1.81. The summed E-state index contributed by atoms with van der Waals surface area (Å²) in [6.45, 7) is 0. The molecule has 0 radical (unpaired) electrons. The fourth-order valence-corrected chi connectivity index (χ4v) is 1.82. The van der Waals surface area contributed by atoms with Gasteiger partial charge in [0.05, 0.1) is 16.8 Å². The number of rotatable bonds is 3. The van der Waals surface area contributed by atoms with Crippen LogP contribution in [0.25, 0.3) is 0 Å². The zero-order valence-corrected chi connectivity index (χ0v) is 8.75. The molecular formula is C9H7N3O3S. The third-order valence-corrected chi connectivity index (χ3v) is 2.80. The standard InChI is InChI=1S/C9H7N3O3S/c13-8(5-3-10-11-4-5)12-7-2-1-6(16-7)9(14)15/h1-4H,(H,10,11)(H,12,13)(H,14,15). The number of carboxylic acid groups (broad SMARTS) is 1. The highest BCUT2D eigenvalue weighted by Gasteiger charge is 2.11. The van der Waals surface area contributed by atoms with Crippen molar-refractivity contribution in [2.45, 2.75) is 0 Å². The molecule has 0 aliphatic rings. The quantitative estimate of drug-likeness (QED) is 0.752. The maximum Gasteiger partial charge on any atom is 0.345 e. The summed E-state index contributed by atoms with van der Waals surface area (Å²) in [5.74, 6) is -1.33. The third kappa shape index (κ3) is 2.09. The summed E-state index contributed by atoms with van der Waals surface area (Å²) in [6.07, 6.45) is 2.85. The Morgan fingerprint density at radius 3 is 2.81 bits per heavy atom. The Labute approximate surface area is 93.9 Å². The van der Waals surface area contributed by atoms with Crippen LogP contribution >= 0.6 is 11.3 Å². The number of anilines is 1. The topological polar surface area (TPSA) is 95.1 Å². The van der Waals surface area contributed by atoms with E-state index in [0.29, 0.717) is 10.6 Å². The van der Waals surface area contributed by atoms with Crippen molar-refractivity contribution in [1.29, 1.82) is 0 Å². The minimum Gasteiger partial charge on any atom is -0.477 e. The lowest BCUT2D eigenvalue weighted by Gasteiger charge is -1.97. The number of amides is 1. The van der Waals surface area contributed by atoms with Gasteiger partial charge in [-0.05, 0) is 12.1 Å². The Bertz CT molecular complexity index is 518. The molecule has 0 atom stereocenters. The van der Waals surface area contributed by atoms with Gasteiger partial charge in [0.25, 0.3) is 5.91 Å². The Morgan fingerprint density at radius 2 is 2.25 bits per heavy atom. The van der Waals surface area contributed by atoms with Crippen LogP contribution in [0.2, 0.25) is 0 Å². The highest BCUT2D eigenvalue weighted by atomic mass is 32.1. The number of carbonyl (C=O) groups is 2. The Kier molecular flexibility index (Phi) is 2.69. The predicted molar refractivity (Wildman–Crippen MR) is 57.8 cm³/mol. The van der Waals surface area contributed by atoms with Crippen molar-refractivity contribution in [1.82, 2.24) is 10.2 Å². The van der Waals surface area contributed by atoms with E-state index in [2.05, 4.69) is 15.5 Å². The summed E-state index contributed by atoms with van der Waals surface area (Å²) in [4.78, 5) is 22.3. The van der Waals surface area contributed by atoms with Crippen LogP contribution in [0.4, 0.5) is 5.00 Å². The van der Waals surface area contributed by atoms with Crippen LogP contribution in [0.1, 0.15) is 20.0 Å². The molecule has 1 amide bonds. The van der Waals surface area contributed by atoms with Crippen LogP contribution in [0, 0.1) is 0 Å². The molecule has 7 heteroatoms. The maximum absolute atomic E-state index is 11.5. The van der Waals surface area contributed by atoms with E-state index in [1.54, 1.807) is 6.07 Å². The SMILES string of the molecule is O=C(Nc1ccc(C(=O)O)s1)c1cn[nH]c1. The van der Waals surface area contributed by atoms with Gasteiger partial charge in [-0.1, -0.05) is 0 Å². The lowest BCUT2D eigenvalue weighted by molar-refractivity contribution is 0.0702. The molecule has 0 saturated carbocycles. The van der Waals surface area contributed by atoms with Gasteiger partial charge in [-0.15, -0.1) is 11.3 Å². The number of H-pyrrole nitrogens is 1. The van der Waals surface area contributed by atoms with Gasteiger partial charge in [-0.2, -0.15) is 5.10 Å². The van der Waals surface area contributed by atoms with Crippen LogP contribution in [0.15, 0.2) is 24.5 Å². The zero-order valence-electron chi connectivity index (χ0n) is 7.93. The fourth-order valence-electron chi connectivity index (χ4n) is 1.08. The number of carbonyl (C=O) groups excluding carboxylic acids is 1. The van der Waals surface area contributed by atoms with Gasteiger partial charge in [0, 0.05) is 6.20 Å². The van der Waals surface area contributed by atoms with Gasteiger partial charge >= 0.3 is 5.97 Å². The predicted octanol–water partition coefficient (Wildman–Crippen LogP) is 1.42. The molecule has 2 heterocycles. The first-order chi connectivity index (χ1) is 7.66. The number of hydrogen-bond acceptors (Lipinski definition) is 4. The van der Waals surface area contributed by atoms with E-state index in [9.17, 15) is 9.59 Å². The Balaban J connectivity index is 2.09. The number of aromatic amines is 1. The molecule has 0 saturated heterocycles. The van der Waals surface area contributed by atoms with Gasteiger partial charge in [0.1, 0.15) is 4.88 Å². The molecule has 0 aromatic carbocycles. The molecule has 2 aromatic heterocycles. The summed E-state index contributed by atoms with van der Waals surface area (Å²) < 4.78 is 0. The van der Waals surface area contributed by atoms with E-state index in [0.717, 1.165) is 11.3 Å². The average molecular weight is 237 g/mol. The van der Waals surface area contributed by atoms with Crippen molar-refractivity contribution in [3.05, 3.63) is 35.0 Å². The van der Waals surface area contributed by atoms with Crippen molar-refractivity contribution in [2.75, 3.05) is 5.32 Å². The zero-order chi connectivity index (χ0) is 11.5. The number of aromatic nitrogens is 2. The molecule has 0 bridgehead atoms. The monoisotopic (exact) mass is 237 g/mol. The molecule has 2 aromatic rings. The lowest BCUT2D eigenvalue weighted by atomic mass is 10.3. The summed E-state index contributed by atoms with van der Waals surface area (Å²) in [5, 5.41) is 17.9. The molecule has 0 spiro atoms. The van der Waals surface area contributed by atoms with Crippen molar-refractivity contribution in [2.24, 2.45) is 0 Å². The number of nitrogens with one attached hydrogen (secondary N) is 2. The van der Waals surface area contributed by atoms with Gasteiger partial charge in [-0.25, -0.2) is 4.79 Å². The highest BCUT2D eigenvalue weighted by Crippen LogP contribution is 2.22. The van der Waals surface area contributed by atoms with Crippen LogP contribution in [0.5, 0.6) is 0 Å². The lowest BCUT2D eigenvalue weighted by Crippen LogP contribution is -2.09. The van der Waals surface area contributed by atoms with Crippen molar-refractivity contribution >= 4 is 28.2 Å². The second-order valence-electron chi connectivity index (χ2n) is 2.91. The van der Waals surface area contributed by atoms with Crippen molar-refractivity contribution in [3.63, 3.8) is 0 Å². The van der Waals surface area contributed by atoms with Crippen LogP contribution in [0.3, 0.4) is 0 Å². The van der Waals surface area contributed by atoms with Gasteiger partial charge in [-0.3, -0.25) is 9.89 Å². The van der Waals surface area contributed by atoms with Crippen molar-refractivity contribution < 1.29 is 14.7 Å². The molecule has 82 valence electrons. The van der Waals surface area contributed by atoms with E-state index in [1.165, 1.54) is 18.5 Å². The van der Waals surface area contributed by atoms with Gasteiger partial charge < -0.3 is 10.4 Å². The molecule has 6 nitrogen and oxygen atoms in total. The van der Waals surface area contributed by atoms with E-state index in [4.69, 9.17) is 5.11 Å². The van der Waals surface area contributed by atoms with E-state index in [1.807, 2.05) is 0 Å². The second-order valence-corrected chi connectivity index (χ2v) is 3.99. The Hall–Kier alpha value is -2.15. The van der Waals surface area contributed by atoms with Gasteiger partial charge in [0.15, 0.2) is 0 Å². The largest absolute Gasteiger partial charge is 0.477 e. The molecule has 0 aliphatic carbocycles. The fraction of sp³-hybridized carbons (Fsp3) is 0. The summed E-state index contributed by atoms with van der Waals surface area (Å²) in [6, 6.07) is 2.99. The van der Waals surface area contributed by atoms with Crippen LogP contribution in [-0.2, 0) is 0 Å². The molecule has 0 aliphatic heterocycles. The van der Waals surface area contributed by atoms with E-state index >= 15 is 0 Å². The number of thiophene rings is 1. The summed E-state index contributed by atoms with van der Waals surface area (Å²) >= 11 is 1.00. The molecule has 0 fully saturated rings. The van der Waals surface area contributed by atoms with Crippen LogP contribution < -0.4 is 5.32 Å². The first kappa shape index (κ1) is 10.4. The molecular weight excluding hydrogens is 230 g/mol.